The minimum atomic E-state index is -0.949. The highest BCUT2D eigenvalue weighted by Crippen LogP contribution is 2.64. The zero-order valence-electron chi connectivity index (χ0n) is 12.9. The number of ether oxygens (including phenoxy) is 3. The third-order valence-electron chi connectivity index (χ3n) is 4.54. The van der Waals surface area contributed by atoms with Gasteiger partial charge in [-0.2, -0.15) is 0 Å². The Bertz CT molecular complexity index is 691. The SMILES string of the molecule is BrC(Br)(OC(Br)(Br)C1(c2ccccc2)CO1)C1(c2ccccc2)CO1. The predicted octanol–water partition coefficient (Wildman–Crippen LogP) is 5.74. The topological polar surface area (TPSA) is 34.3 Å². The Labute approximate surface area is 179 Å². The molecular weight excluding hydrogens is 584 g/mol. The molecule has 0 aromatic heterocycles. The lowest BCUT2D eigenvalue weighted by Gasteiger charge is -2.37. The first-order chi connectivity index (χ1) is 11.8. The molecule has 2 aromatic carbocycles. The lowest BCUT2D eigenvalue weighted by Crippen LogP contribution is -2.45. The second-order valence-corrected chi connectivity index (χ2v) is 12.7. The summed E-state index contributed by atoms with van der Waals surface area (Å²) >= 11 is 14.7. The molecule has 2 aliphatic heterocycles. The van der Waals surface area contributed by atoms with Gasteiger partial charge in [-0.05, 0) is 74.8 Å². The van der Waals surface area contributed by atoms with Crippen LogP contribution >= 0.6 is 63.7 Å². The van der Waals surface area contributed by atoms with E-state index >= 15 is 0 Å². The molecule has 0 saturated carbocycles. The van der Waals surface area contributed by atoms with Gasteiger partial charge < -0.3 is 14.2 Å². The Morgan fingerprint density at radius 1 is 0.680 bits per heavy atom. The molecule has 0 radical (unpaired) electrons. The Morgan fingerprint density at radius 2 is 1.00 bits per heavy atom. The van der Waals surface area contributed by atoms with Crippen molar-refractivity contribution in [3.05, 3.63) is 71.8 Å². The number of alkyl halides is 4. The molecule has 0 aliphatic carbocycles. The van der Waals surface area contributed by atoms with Gasteiger partial charge in [-0.3, -0.25) is 0 Å². The summed E-state index contributed by atoms with van der Waals surface area (Å²) in [5.41, 5.74) is 0.830. The largest absolute Gasteiger partial charge is 0.359 e. The average Bonchev–Trinajstić information content (AvgIpc) is 3.49. The van der Waals surface area contributed by atoms with Crippen molar-refractivity contribution in [1.29, 1.82) is 0 Å². The van der Waals surface area contributed by atoms with E-state index in [4.69, 9.17) is 14.2 Å². The number of benzene rings is 2. The van der Waals surface area contributed by atoms with E-state index in [0.29, 0.717) is 13.2 Å². The molecule has 2 saturated heterocycles. The molecule has 7 heteroatoms. The molecule has 4 rings (SSSR count). The highest BCUT2D eigenvalue weighted by molar-refractivity contribution is 9.26. The van der Waals surface area contributed by atoms with Gasteiger partial charge in [0.25, 0.3) is 0 Å². The molecule has 2 heterocycles. The standard InChI is InChI=1S/C18H14Br4O3/c19-17(20,15(11-23-15)13-7-3-1-4-8-13)25-18(21,22)16(12-24-16)14-9-5-2-6-10-14/h1-10H,11-12H2. The highest BCUT2D eigenvalue weighted by Gasteiger charge is 2.69. The van der Waals surface area contributed by atoms with Crippen molar-refractivity contribution >= 4 is 63.7 Å². The first-order valence-electron chi connectivity index (χ1n) is 7.68. The minimum Gasteiger partial charge on any atom is -0.359 e. The smallest absolute Gasteiger partial charge is 0.215 e. The van der Waals surface area contributed by atoms with Gasteiger partial charge in [0.2, 0.25) is 6.84 Å². The van der Waals surface area contributed by atoms with Gasteiger partial charge >= 0.3 is 0 Å². The van der Waals surface area contributed by atoms with Crippen LogP contribution in [0.2, 0.25) is 0 Å². The fourth-order valence-electron chi connectivity index (χ4n) is 2.89. The zero-order valence-corrected chi connectivity index (χ0v) is 19.3. The summed E-state index contributed by atoms with van der Waals surface area (Å²) in [4.78, 5) is 0. The first-order valence-corrected chi connectivity index (χ1v) is 10.9. The first kappa shape index (κ1) is 18.6. The molecule has 2 unspecified atom stereocenters. The maximum absolute atomic E-state index is 6.41. The van der Waals surface area contributed by atoms with Crippen LogP contribution in [0, 0.1) is 0 Å². The van der Waals surface area contributed by atoms with Gasteiger partial charge in [-0.1, -0.05) is 60.7 Å². The van der Waals surface area contributed by atoms with E-state index in [2.05, 4.69) is 63.7 Å². The van der Waals surface area contributed by atoms with Gasteiger partial charge in [0, 0.05) is 0 Å². The van der Waals surface area contributed by atoms with Crippen LogP contribution in [0.1, 0.15) is 11.1 Å². The van der Waals surface area contributed by atoms with Crippen molar-refractivity contribution in [3.63, 3.8) is 0 Å². The molecule has 132 valence electrons. The summed E-state index contributed by atoms with van der Waals surface area (Å²) in [5.74, 6) is 0. The van der Waals surface area contributed by atoms with Gasteiger partial charge in [-0.25, -0.2) is 0 Å². The Hall–Kier alpha value is 0.240. The van der Waals surface area contributed by atoms with E-state index in [0.717, 1.165) is 11.1 Å². The normalized spacial score (nSPS) is 28.6. The summed E-state index contributed by atoms with van der Waals surface area (Å²) in [5, 5.41) is 0. The summed E-state index contributed by atoms with van der Waals surface area (Å²) in [6.45, 7) is 1.09. The van der Waals surface area contributed by atoms with Crippen LogP contribution in [0.15, 0.2) is 60.7 Å². The molecule has 25 heavy (non-hydrogen) atoms. The molecule has 2 fully saturated rings. The molecule has 2 atom stereocenters. The predicted molar refractivity (Wildman–Crippen MR) is 110 cm³/mol. The van der Waals surface area contributed by atoms with Crippen LogP contribution in [0.5, 0.6) is 0 Å². The van der Waals surface area contributed by atoms with Crippen LogP contribution in [0.4, 0.5) is 0 Å². The van der Waals surface area contributed by atoms with E-state index in [1.807, 2.05) is 60.7 Å². The van der Waals surface area contributed by atoms with Crippen LogP contribution in [-0.4, -0.2) is 20.1 Å². The Morgan fingerprint density at radius 3 is 1.28 bits per heavy atom. The Kier molecular flexibility index (Phi) is 4.76. The number of epoxide rings is 2. The molecule has 0 bridgehead atoms. The van der Waals surface area contributed by atoms with Gasteiger partial charge in [0.1, 0.15) is 0 Å². The number of hydrogen-bond acceptors (Lipinski definition) is 3. The third-order valence-corrected chi connectivity index (χ3v) is 7.75. The quantitative estimate of drug-likeness (QED) is 0.315. The number of rotatable bonds is 6. The maximum atomic E-state index is 6.41. The average molecular weight is 598 g/mol. The molecule has 0 amide bonds. The van der Waals surface area contributed by atoms with Crippen molar-refractivity contribution in [2.24, 2.45) is 0 Å². The third kappa shape index (κ3) is 3.10. The highest BCUT2D eigenvalue weighted by atomic mass is 79.9. The summed E-state index contributed by atoms with van der Waals surface area (Å²) in [6, 6.07) is 20.0. The van der Waals surface area contributed by atoms with Crippen molar-refractivity contribution in [2.45, 2.75) is 18.0 Å². The lowest BCUT2D eigenvalue weighted by molar-refractivity contribution is -0.0234. The number of hydrogen-bond donors (Lipinski definition) is 0. The fourth-order valence-corrected chi connectivity index (χ4v) is 6.56. The van der Waals surface area contributed by atoms with Crippen LogP contribution < -0.4 is 0 Å². The summed E-state index contributed by atoms with van der Waals surface area (Å²) in [6.07, 6.45) is 0. The summed E-state index contributed by atoms with van der Waals surface area (Å²) < 4.78 is 16.2. The molecule has 2 aliphatic rings. The second-order valence-electron chi connectivity index (χ2n) is 6.10. The van der Waals surface area contributed by atoms with Crippen LogP contribution in [0.25, 0.3) is 0 Å². The Balaban J connectivity index is 1.63. The lowest BCUT2D eigenvalue weighted by atomic mass is 9.99. The van der Waals surface area contributed by atoms with E-state index in [9.17, 15) is 0 Å². The minimum absolute atomic E-state index is 0.544. The van der Waals surface area contributed by atoms with Gasteiger partial charge in [0.05, 0.1) is 13.2 Å². The van der Waals surface area contributed by atoms with E-state index in [-0.39, 0.29) is 0 Å². The van der Waals surface area contributed by atoms with Crippen LogP contribution in [0.3, 0.4) is 0 Å². The van der Waals surface area contributed by atoms with Crippen molar-refractivity contribution in [1.82, 2.24) is 0 Å². The molecule has 3 nitrogen and oxygen atoms in total. The second kappa shape index (κ2) is 6.40. The molecule has 0 spiro atoms. The monoisotopic (exact) mass is 594 g/mol. The molecular formula is C18H14Br4O3. The van der Waals surface area contributed by atoms with Crippen molar-refractivity contribution in [2.75, 3.05) is 13.2 Å². The maximum Gasteiger partial charge on any atom is 0.215 e. The molecule has 0 N–H and O–H groups in total. The zero-order chi connectivity index (χ0) is 17.8. The van der Waals surface area contributed by atoms with Crippen molar-refractivity contribution in [3.8, 4) is 0 Å². The van der Waals surface area contributed by atoms with Gasteiger partial charge in [-0.15, -0.1) is 0 Å². The van der Waals surface area contributed by atoms with Crippen molar-refractivity contribution < 1.29 is 14.2 Å². The summed E-state index contributed by atoms with van der Waals surface area (Å²) in [7, 11) is 0. The van der Waals surface area contributed by atoms with E-state index in [1.54, 1.807) is 0 Å². The van der Waals surface area contributed by atoms with Crippen LogP contribution in [-0.2, 0) is 25.4 Å². The fraction of sp³-hybridized carbons (Fsp3) is 0.333. The molecule has 2 aromatic rings. The number of halogens is 4. The van der Waals surface area contributed by atoms with E-state index in [1.165, 1.54) is 0 Å². The van der Waals surface area contributed by atoms with E-state index < -0.39 is 18.0 Å². The van der Waals surface area contributed by atoms with Gasteiger partial charge in [0.15, 0.2) is 11.2 Å².